The minimum Gasteiger partial charge on any atom is -0.489 e. The van der Waals surface area contributed by atoms with Gasteiger partial charge in [-0.15, -0.1) is 0 Å². The largest absolute Gasteiger partial charge is 0.489 e. The van der Waals surface area contributed by atoms with Gasteiger partial charge in [-0.3, -0.25) is 4.98 Å². The summed E-state index contributed by atoms with van der Waals surface area (Å²) in [5.41, 5.74) is 2.56. The van der Waals surface area contributed by atoms with E-state index in [9.17, 15) is 0 Å². The zero-order valence-corrected chi connectivity index (χ0v) is 18.3. The quantitative estimate of drug-likeness (QED) is 0.329. The number of hydrogen-bond acceptors (Lipinski definition) is 2. The van der Waals surface area contributed by atoms with Gasteiger partial charge >= 0.3 is 0 Å². The molecule has 0 radical (unpaired) electrons. The molecule has 0 aliphatic heterocycles. The van der Waals surface area contributed by atoms with Gasteiger partial charge in [-0.1, -0.05) is 71.6 Å². The molecular weight excluding hydrogens is 330 g/mol. The molecule has 0 bridgehead atoms. The summed E-state index contributed by atoms with van der Waals surface area (Å²) in [7, 11) is 0. The highest BCUT2D eigenvalue weighted by atomic mass is 16.5. The topological polar surface area (TPSA) is 22.1 Å². The Labute approximate surface area is 168 Å². The van der Waals surface area contributed by atoms with Crippen LogP contribution in [0.2, 0.25) is 0 Å². The third-order valence-corrected chi connectivity index (χ3v) is 6.24. The summed E-state index contributed by atoms with van der Waals surface area (Å²) in [6, 6.07) is 2.21. The first-order valence-corrected chi connectivity index (χ1v) is 11.8. The minimum atomic E-state index is 0.401. The Kier molecular flexibility index (Phi) is 10.9. The molecule has 0 atom stereocenters. The fourth-order valence-corrected chi connectivity index (χ4v) is 4.39. The third kappa shape index (κ3) is 8.66. The summed E-state index contributed by atoms with van der Waals surface area (Å²) in [4.78, 5) is 4.71. The Morgan fingerprint density at radius 1 is 0.889 bits per heavy atom. The number of rotatable bonds is 13. The third-order valence-electron chi connectivity index (χ3n) is 6.24. The van der Waals surface area contributed by atoms with Gasteiger partial charge in [0.1, 0.15) is 5.75 Å². The Balaban J connectivity index is 1.68. The number of pyridine rings is 1. The number of aryl methyl sites for hydroxylation is 2. The first kappa shape index (κ1) is 22.2. The molecule has 27 heavy (non-hydrogen) atoms. The van der Waals surface area contributed by atoms with Crippen LogP contribution in [-0.4, -0.2) is 11.1 Å². The Bertz CT molecular complexity index is 505. The maximum Gasteiger partial charge on any atom is 0.138 e. The van der Waals surface area contributed by atoms with Crippen molar-refractivity contribution in [2.75, 3.05) is 0 Å². The SMILES string of the molecule is CCCCCCCc1ncc(O[C@H]2CC[C@H](CCCCCC)CC2)cc1C. The lowest BCUT2D eigenvalue weighted by molar-refractivity contribution is 0.127. The fourth-order valence-electron chi connectivity index (χ4n) is 4.39. The lowest BCUT2D eigenvalue weighted by Gasteiger charge is -2.29. The van der Waals surface area contributed by atoms with Gasteiger partial charge in [0.2, 0.25) is 0 Å². The minimum absolute atomic E-state index is 0.401. The van der Waals surface area contributed by atoms with E-state index in [0.717, 1.165) is 18.1 Å². The Morgan fingerprint density at radius 2 is 1.56 bits per heavy atom. The molecule has 1 aliphatic carbocycles. The highest BCUT2D eigenvalue weighted by Gasteiger charge is 2.22. The summed E-state index contributed by atoms with van der Waals surface area (Å²) in [5, 5.41) is 0. The molecule has 2 nitrogen and oxygen atoms in total. The van der Waals surface area contributed by atoms with Crippen LogP contribution in [0.25, 0.3) is 0 Å². The average Bonchev–Trinajstić information content (AvgIpc) is 2.68. The van der Waals surface area contributed by atoms with Crippen LogP contribution in [0.4, 0.5) is 0 Å². The first-order valence-electron chi connectivity index (χ1n) is 11.8. The van der Waals surface area contributed by atoms with Crippen molar-refractivity contribution in [1.29, 1.82) is 0 Å². The molecule has 0 saturated heterocycles. The fraction of sp³-hybridized carbons (Fsp3) is 0.800. The molecular formula is C25H43NO. The van der Waals surface area contributed by atoms with Crippen LogP contribution in [0.15, 0.2) is 12.3 Å². The van der Waals surface area contributed by atoms with E-state index < -0.39 is 0 Å². The normalized spacial score (nSPS) is 20.0. The standard InChI is InChI=1S/C25H43NO/c1-4-6-8-10-12-14-25-21(3)19-24(20-26-25)27-23-17-15-22(16-18-23)13-11-9-7-5-2/h19-20,22-23H,4-18H2,1-3H3/t22-,23-. The van der Waals surface area contributed by atoms with Gasteiger partial charge in [-0.05, 0) is 63.0 Å². The summed E-state index contributed by atoms with van der Waals surface area (Å²) < 4.78 is 6.28. The van der Waals surface area contributed by atoms with E-state index in [1.54, 1.807) is 0 Å². The molecule has 0 amide bonds. The average molecular weight is 374 g/mol. The molecule has 1 aromatic heterocycles. The summed E-state index contributed by atoms with van der Waals surface area (Å²) in [6.07, 6.45) is 22.2. The van der Waals surface area contributed by atoms with Crippen molar-refractivity contribution in [1.82, 2.24) is 4.98 Å². The number of unbranched alkanes of at least 4 members (excludes halogenated alkanes) is 7. The van der Waals surface area contributed by atoms with Gasteiger partial charge in [-0.2, -0.15) is 0 Å². The molecule has 1 saturated carbocycles. The van der Waals surface area contributed by atoms with Crippen molar-refractivity contribution < 1.29 is 4.74 Å². The number of hydrogen-bond donors (Lipinski definition) is 0. The molecule has 0 N–H and O–H groups in total. The second-order valence-electron chi connectivity index (χ2n) is 8.71. The van der Waals surface area contributed by atoms with Gasteiger partial charge in [-0.25, -0.2) is 0 Å². The lowest BCUT2D eigenvalue weighted by atomic mass is 9.84. The van der Waals surface area contributed by atoms with Crippen molar-refractivity contribution in [3.05, 3.63) is 23.5 Å². The van der Waals surface area contributed by atoms with Gasteiger partial charge in [0.15, 0.2) is 0 Å². The van der Waals surface area contributed by atoms with Crippen LogP contribution in [0.3, 0.4) is 0 Å². The zero-order valence-electron chi connectivity index (χ0n) is 18.3. The highest BCUT2D eigenvalue weighted by molar-refractivity contribution is 5.28. The maximum atomic E-state index is 6.28. The Morgan fingerprint density at radius 3 is 2.22 bits per heavy atom. The van der Waals surface area contributed by atoms with Crippen LogP contribution >= 0.6 is 0 Å². The zero-order chi connectivity index (χ0) is 19.3. The summed E-state index contributed by atoms with van der Waals surface area (Å²) in [6.45, 7) is 6.75. The molecule has 1 aromatic rings. The van der Waals surface area contributed by atoms with E-state index >= 15 is 0 Å². The van der Waals surface area contributed by atoms with E-state index in [-0.39, 0.29) is 0 Å². The van der Waals surface area contributed by atoms with Crippen molar-refractivity contribution >= 4 is 0 Å². The van der Waals surface area contributed by atoms with Gasteiger partial charge in [0, 0.05) is 5.69 Å². The van der Waals surface area contributed by atoms with Crippen LogP contribution in [0, 0.1) is 12.8 Å². The maximum absolute atomic E-state index is 6.28. The van der Waals surface area contributed by atoms with Gasteiger partial charge < -0.3 is 4.74 Å². The van der Waals surface area contributed by atoms with E-state index in [1.807, 2.05) is 6.20 Å². The van der Waals surface area contributed by atoms with Crippen LogP contribution in [0.5, 0.6) is 5.75 Å². The Hall–Kier alpha value is -1.05. The van der Waals surface area contributed by atoms with E-state index in [2.05, 4.69) is 26.8 Å². The van der Waals surface area contributed by atoms with E-state index in [1.165, 1.54) is 101 Å². The van der Waals surface area contributed by atoms with Crippen molar-refractivity contribution in [3.63, 3.8) is 0 Å². The first-order chi connectivity index (χ1) is 13.2. The second-order valence-corrected chi connectivity index (χ2v) is 8.71. The number of ether oxygens (including phenoxy) is 1. The van der Waals surface area contributed by atoms with Gasteiger partial charge in [0.05, 0.1) is 12.3 Å². The van der Waals surface area contributed by atoms with E-state index in [0.29, 0.717) is 6.10 Å². The molecule has 1 heterocycles. The molecule has 2 rings (SSSR count). The van der Waals surface area contributed by atoms with Gasteiger partial charge in [0.25, 0.3) is 0 Å². The lowest BCUT2D eigenvalue weighted by Crippen LogP contribution is -2.24. The molecule has 0 spiro atoms. The molecule has 0 aromatic carbocycles. The predicted octanol–water partition coefficient (Wildman–Crippen LogP) is 7.81. The van der Waals surface area contributed by atoms with Crippen molar-refractivity contribution in [3.8, 4) is 5.75 Å². The number of nitrogens with zero attached hydrogens (tertiary/aromatic N) is 1. The molecule has 1 fully saturated rings. The number of aromatic nitrogens is 1. The second kappa shape index (κ2) is 13.2. The molecule has 154 valence electrons. The predicted molar refractivity (Wildman–Crippen MR) is 117 cm³/mol. The van der Waals surface area contributed by atoms with Crippen LogP contribution < -0.4 is 4.74 Å². The van der Waals surface area contributed by atoms with Crippen molar-refractivity contribution in [2.45, 2.75) is 123 Å². The highest BCUT2D eigenvalue weighted by Crippen LogP contribution is 2.31. The molecule has 1 aliphatic rings. The van der Waals surface area contributed by atoms with Crippen LogP contribution in [-0.2, 0) is 6.42 Å². The summed E-state index contributed by atoms with van der Waals surface area (Å²) in [5.74, 6) is 1.92. The monoisotopic (exact) mass is 373 g/mol. The van der Waals surface area contributed by atoms with E-state index in [4.69, 9.17) is 9.72 Å². The smallest absolute Gasteiger partial charge is 0.138 e. The molecule has 0 unspecified atom stereocenters. The van der Waals surface area contributed by atoms with Crippen LogP contribution in [0.1, 0.15) is 115 Å². The molecule has 2 heteroatoms. The summed E-state index contributed by atoms with van der Waals surface area (Å²) >= 11 is 0. The van der Waals surface area contributed by atoms with Crippen molar-refractivity contribution in [2.24, 2.45) is 5.92 Å².